The van der Waals surface area contributed by atoms with Crippen LogP contribution in [-0.4, -0.2) is 10.8 Å². The van der Waals surface area contributed by atoms with Crippen molar-refractivity contribution in [3.05, 3.63) is 30.1 Å². The Labute approximate surface area is 117 Å². The largest absolute Gasteiger partial charge is 0.292 e. The highest BCUT2D eigenvalue weighted by atomic mass is 16.1. The minimum Gasteiger partial charge on any atom is -0.292 e. The summed E-state index contributed by atoms with van der Waals surface area (Å²) in [6.07, 6.45) is 13.9. The van der Waals surface area contributed by atoms with Gasteiger partial charge in [0.05, 0.1) is 0 Å². The van der Waals surface area contributed by atoms with Crippen molar-refractivity contribution in [2.75, 3.05) is 0 Å². The van der Waals surface area contributed by atoms with E-state index in [-0.39, 0.29) is 5.78 Å². The number of aromatic nitrogens is 1. The number of carbonyl (C=O) groups is 1. The Morgan fingerprint density at radius 1 is 0.947 bits per heavy atom. The Morgan fingerprint density at radius 3 is 2.16 bits per heavy atom. The number of hydrogen-bond donors (Lipinski definition) is 0. The van der Waals surface area contributed by atoms with Crippen LogP contribution < -0.4 is 0 Å². The molecule has 0 spiro atoms. The smallest absolute Gasteiger partial charge is 0.181 e. The van der Waals surface area contributed by atoms with Crippen LogP contribution in [0, 0.1) is 0 Å². The number of unbranched alkanes of at least 4 members (excludes halogenated alkanes) is 8. The second-order valence-corrected chi connectivity index (χ2v) is 5.22. The van der Waals surface area contributed by atoms with Gasteiger partial charge >= 0.3 is 0 Å². The lowest BCUT2D eigenvalue weighted by atomic mass is 10.0. The lowest BCUT2D eigenvalue weighted by Gasteiger charge is -2.02. The standard InChI is InChI=1S/C17H27NO/c1-2-3-4-5-6-7-8-9-10-14-17(19)16-13-11-12-15-18-16/h11-13,15H,2-10,14H2,1H3. The van der Waals surface area contributed by atoms with Crippen LogP contribution in [0.1, 0.15) is 81.6 Å². The first-order valence-corrected chi connectivity index (χ1v) is 7.79. The fourth-order valence-electron chi connectivity index (χ4n) is 2.25. The van der Waals surface area contributed by atoms with Gasteiger partial charge in [0.15, 0.2) is 5.78 Å². The van der Waals surface area contributed by atoms with Gasteiger partial charge < -0.3 is 0 Å². The molecule has 0 amide bonds. The summed E-state index contributed by atoms with van der Waals surface area (Å²) >= 11 is 0. The molecule has 0 fully saturated rings. The Balaban J connectivity index is 1.95. The normalized spacial score (nSPS) is 10.6. The highest BCUT2D eigenvalue weighted by molar-refractivity contribution is 5.94. The van der Waals surface area contributed by atoms with E-state index in [0.717, 1.165) is 6.42 Å². The predicted molar refractivity (Wildman–Crippen MR) is 80.4 cm³/mol. The molecule has 0 atom stereocenters. The first-order valence-electron chi connectivity index (χ1n) is 7.79. The molecule has 0 aliphatic carbocycles. The SMILES string of the molecule is CCCCCCCCCCCC(=O)c1ccccn1. The third-order valence-electron chi connectivity index (χ3n) is 3.46. The molecular weight excluding hydrogens is 234 g/mol. The molecule has 0 unspecified atom stereocenters. The van der Waals surface area contributed by atoms with E-state index in [0.29, 0.717) is 12.1 Å². The van der Waals surface area contributed by atoms with Crippen molar-refractivity contribution >= 4 is 5.78 Å². The zero-order chi connectivity index (χ0) is 13.8. The average Bonchev–Trinajstić information content (AvgIpc) is 2.46. The maximum absolute atomic E-state index is 11.8. The number of carbonyl (C=O) groups excluding carboxylic acids is 1. The molecule has 0 radical (unpaired) electrons. The lowest BCUT2D eigenvalue weighted by Crippen LogP contribution is -2.01. The molecule has 0 aromatic carbocycles. The third-order valence-corrected chi connectivity index (χ3v) is 3.46. The van der Waals surface area contributed by atoms with Crippen molar-refractivity contribution in [1.82, 2.24) is 4.98 Å². The van der Waals surface area contributed by atoms with Gasteiger partial charge in [-0.2, -0.15) is 0 Å². The first-order chi connectivity index (χ1) is 9.34. The van der Waals surface area contributed by atoms with Crippen LogP contribution in [0.4, 0.5) is 0 Å². The minimum absolute atomic E-state index is 0.184. The molecule has 1 aromatic rings. The Bertz CT molecular complexity index is 334. The van der Waals surface area contributed by atoms with Crippen LogP contribution in [0.5, 0.6) is 0 Å². The van der Waals surface area contributed by atoms with Crippen molar-refractivity contribution in [1.29, 1.82) is 0 Å². The quantitative estimate of drug-likeness (QED) is 0.405. The second kappa shape index (κ2) is 10.7. The molecule has 0 aliphatic heterocycles. The molecule has 0 saturated carbocycles. The summed E-state index contributed by atoms with van der Waals surface area (Å²) in [5, 5.41) is 0. The molecule has 0 bridgehead atoms. The van der Waals surface area contributed by atoms with E-state index < -0.39 is 0 Å². The number of Topliss-reactive ketones (excluding diaryl/α,β-unsaturated/α-hetero) is 1. The van der Waals surface area contributed by atoms with Crippen LogP contribution in [0.2, 0.25) is 0 Å². The Hall–Kier alpha value is -1.18. The van der Waals surface area contributed by atoms with Crippen molar-refractivity contribution < 1.29 is 4.79 Å². The summed E-state index contributed by atoms with van der Waals surface area (Å²) in [6, 6.07) is 5.52. The van der Waals surface area contributed by atoms with Crippen molar-refractivity contribution in [3.8, 4) is 0 Å². The maximum Gasteiger partial charge on any atom is 0.181 e. The molecule has 19 heavy (non-hydrogen) atoms. The van der Waals surface area contributed by atoms with Crippen molar-refractivity contribution in [3.63, 3.8) is 0 Å². The topological polar surface area (TPSA) is 30.0 Å². The molecule has 0 N–H and O–H groups in total. The molecule has 106 valence electrons. The monoisotopic (exact) mass is 261 g/mol. The van der Waals surface area contributed by atoms with E-state index in [2.05, 4.69) is 11.9 Å². The van der Waals surface area contributed by atoms with Gasteiger partial charge in [-0.15, -0.1) is 0 Å². The van der Waals surface area contributed by atoms with Gasteiger partial charge in [0.2, 0.25) is 0 Å². The molecule has 1 rings (SSSR count). The number of rotatable bonds is 11. The number of hydrogen-bond acceptors (Lipinski definition) is 2. The summed E-state index contributed by atoms with van der Waals surface area (Å²) in [5.41, 5.74) is 0.613. The average molecular weight is 261 g/mol. The maximum atomic E-state index is 11.8. The second-order valence-electron chi connectivity index (χ2n) is 5.22. The third kappa shape index (κ3) is 7.76. The van der Waals surface area contributed by atoms with E-state index in [9.17, 15) is 4.79 Å². The van der Waals surface area contributed by atoms with Crippen LogP contribution >= 0.6 is 0 Å². The predicted octanol–water partition coefficient (Wildman–Crippen LogP) is 5.19. The summed E-state index contributed by atoms with van der Waals surface area (Å²) in [7, 11) is 0. The lowest BCUT2D eigenvalue weighted by molar-refractivity contribution is 0.0974. The highest BCUT2D eigenvalue weighted by Crippen LogP contribution is 2.11. The molecule has 1 aromatic heterocycles. The first kappa shape index (κ1) is 15.9. The van der Waals surface area contributed by atoms with E-state index in [4.69, 9.17) is 0 Å². The summed E-state index contributed by atoms with van der Waals surface area (Å²) in [5.74, 6) is 0.184. The number of pyridine rings is 1. The van der Waals surface area contributed by atoms with Crippen molar-refractivity contribution in [2.45, 2.75) is 71.1 Å². The summed E-state index contributed by atoms with van der Waals surface area (Å²) in [4.78, 5) is 15.9. The van der Waals surface area contributed by atoms with Crippen molar-refractivity contribution in [2.24, 2.45) is 0 Å². The van der Waals surface area contributed by atoms with Gasteiger partial charge in [-0.25, -0.2) is 0 Å². The van der Waals surface area contributed by atoms with Gasteiger partial charge in [0.1, 0.15) is 5.69 Å². The molecular formula is C17H27NO. The van der Waals surface area contributed by atoms with Crippen LogP contribution in [0.3, 0.4) is 0 Å². The zero-order valence-corrected chi connectivity index (χ0v) is 12.2. The van der Waals surface area contributed by atoms with Crippen LogP contribution in [0.25, 0.3) is 0 Å². The fourth-order valence-corrected chi connectivity index (χ4v) is 2.25. The molecule has 2 nitrogen and oxygen atoms in total. The molecule has 0 aliphatic rings. The summed E-state index contributed by atoms with van der Waals surface area (Å²) < 4.78 is 0. The Kier molecular flexibility index (Phi) is 8.95. The summed E-state index contributed by atoms with van der Waals surface area (Å²) in [6.45, 7) is 2.25. The fraction of sp³-hybridized carbons (Fsp3) is 0.647. The van der Waals surface area contributed by atoms with Gasteiger partial charge in [-0.3, -0.25) is 9.78 Å². The van der Waals surface area contributed by atoms with Crippen LogP contribution in [0.15, 0.2) is 24.4 Å². The minimum atomic E-state index is 0.184. The zero-order valence-electron chi connectivity index (χ0n) is 12.2. The number of ketones is 1. The van der Waals surface area contributed by atoms with Crippen LogP contribution in [-0.2, 0) is 0 Å². The van der Waals surface area contributed by atoms with E-state index in [1.165, 1.54) is 51.4 Å². The molecule has 1 heterocycles. The highest BCUT2D eigenvalue weighted by Gasteiger charge is 2.05. The van der Waals surface area contributed by atoms with Gasteiger partial charge in [-0.05, 0) is 18.6 Å². The molecule has 0 saturated heterocycles. The van der Waals surface area contributed by atoms with E-state index in [1.54, 1.807) is 12.3 Å². The Morgan fingerprint density at radius 2 is 1.58 bits per heavy atom. The number of nitrogens with zero attached hydrogens (tertiary/aromatic N) is 1. The van der Waals surface area contributed by atoms with Gasteiger partial charge in [-0.1, -0.05) is 64.4 Å². The van der Waals surface area contributed by atoms with Gasteiger partial charge in [0, 0.05) is 12.6 Å². The van der Waals surface area contributed by atoms with E-state index in [1.807, 2.05) is 12.1 Å². The van der Waals surface area contributed by atoms with E-state index >= 15 is 0 Å². The van der Waals surface area contributed by atoms with Gasteiger partial charge in [0.25, 0.3) is 0 Å². The molecule has 2 heteroatoms.